The quantitative estimate of drug-likeness (QED) is 0.516. The van der Waals surface area contributed by atoms with E-state index in [4.69, 9.17) is 0 Å². The first-order valence-electron chi connectivity index (χ1n) is 6.70. The van der Waals surface area contributed by atoms with Crippen molar-refractivity contribution in [1.29, 1.82) is 0 Å². The molecule has 0 aromatic carbocycles. The van der Waals surface area contributed by atoms with E-state index >= 15 is 0 Å². The molecule has 0 amide bonds. The third-order valence-electron chi connectivity index (χ3n) is 5.29. The van der Waals surface area contributed by atoms with Crippen molar-refractivity contribution in [3.05, 3.63) is 11.6 Å². The van der Waals surface area contributed by atoms with Gasteiger partial charge in [-0.05, 0) is 36.2 Å². The number of carbonyl (C=O) groups excluding carboxylic acids is 1. The van der Waals surface area contributed by atoms with Gasteiger partial charge >= 0.3 is 0 Å². The largest absolute Gasteiger partial charge is 0.294 e. The van der Waals surface area contributed by atoms with Crippen molar-refractivity contribution in [3.8, 4) is 0 Å². The molecule has 1 heteroatoms. The third-order valence-corrected chi connectivity index (χ3v) is 5.29. The van der Waals surface area contributed by atoms with E-state index in [0.29, 0.717) is 11.7 Å². The molecular weight excluding hydrogens is 196 g/mol. The predicted molar refractivity (Wildman–Crippen MR) is 67.2 cm³/mol. The van der Waals surface area contributed by atoms with Crippen molar-refractivity contribution in [1.82, 2.24) is 0 Å². The first-order valence-corrected chi connectivity index (χ1v) is 6.70. The Hall–Kier alpha value is -0.590. The first kappa shape index (κ1) is 11.9. The van der Waals surface area contributed by atoms with E-state index in [1.807, 2.05) is 0 Å². The summed E-state index contributed by atoms with van der Waals surface area (Å²) in [5.74, 6) is 0.978. The van der Waals surface area contributed by atoms with Gasteiger partial charge in [-0.2, -0.15) is 0 Å². The van der Waals surface area contributed by atoms with Gasteiger partial charge in [0.05, 0.1) is 0 Å². The molecule has 90 valence electrons. The Labute approximate surface area is 99.3 Å². The Bertz CT molecular complexity index is 337. The van der Waals surface area contributed by atoms with Crippen LogP contribution in [0.1, 0.15) is 59.8 Å². The van der Waals surface area contributed by atoms with Gasteiger partial charge in [0.15, 0.2) is 5.78 Å². The minimum atomic E-state index is -0.0737. The molecule has 0 unspecified atom stereocenters. The van der Waals surface area contributed by atoms with Crippen molar-refractivity contribution in [2.75, 3.05) is 0 Å². The summed E-state index contributed by atoms with van der Waals surface area (Å²) in [6.07, 6.45) is 8.05. The summed E-state index contributed by atoms with van der Waals surface area (Å²) in [6, 6.07) is 0. The molecule has 0 saturated heterocycles. The second kappa shape index (κ2) is 3.72. The maximum atomic E-state index is 12.4. The monoisotopic (exact) mass is 220 g/mol. The van der Waals surface area contributed by atoms with Gasteiger partial charge in [-0.1, -0.05) is 46.6 Å². The highest BCUT2D eigenvalue weighted by molar-refractivity contribution is 6.04. The second-order valence-electron chi connectivity index (χ2n) is 6.28. The van der Waals surface area contributed by atoms with Crippen molar-refractivity contribution in [2.24, 2.45) is 16.7 Å². The smallest absolute Gasteiger partial charge is 0.165 e. The summed E-state index contributed by atoms with van der Waals surface area (Å²) in [7, 11) is 0. The van der Waals surface area contributed by atoms with Crippen LogP contribution in [0.4, 0.5) is 0 Å². The molecule has 2 fully saturated rings. The minimum Gasteiger partial charge on any atom is -0.294 e. The Morgan fingerprint density at radius 2 is 2.06 bits per heavy atom. The molecule has 0 heterocycles. The summed E-state index contributed by atoms with van der Waals surface area (Å²) < 4.78 is 0. The first-order chi connectivity index (χ1) is 7.45. The van der Waals surface area contributed by atoms with E-state index in [2.05, 4.69) is 33.8 Å². The maximum absolute atomic E-state index is 12.4. The molecule has 0 N–H and O–H groups in total. The van der Waals surface area contributed by atoms with Gasteiger partial charge in [0.25, 0.3) is 0 Å². The normalized spacial score (nSPS) is 38.6. The van der Waals surface area contributed by atoms with Crippen LogP contribution in [0.15, 0.2) is 11.6 Å². The molecule has 2 aliphatic carbocycles. The molecule has 0 aromatic rings. The summed E-state index contributed by atoms with van der Waals surface area (Å²) in [4.78, 5) is 12.4. The van der Waals surface area contributed by atoms with E-state index in [-0.39, 0.29) is 10.8 Å². The number of Topliss-reactive ketones (excluding diaryl/α,β-unsaturated/α-hetero) is 1. The van der Waals surface area contributed by atoms with Crippen LogP contribution in [0.25, 0.3) is 0 Å². The number of fused-ring (bicyclic) bond motifs is 2. The van der Waals surface area contributed by atoms with Gasteiger partial charge in [-0.3, -0.25) is 4.79 Å². The Balaban J connectivity index is 2.26. The Kier molecular flexibility index (Phi) is 2.76. The molecule has 1 nitrogen and oxygen atoms in total. The fourth-order valence-corrected chi connectivity index (χ4v) is 3.62. The lowest BCUT2D eigenvalue weighted by Crippen LogP contribution is -2.32. The molecule has 2 atom stereocenters. The van der Waals surface area contributed by atoms with Crippen molar-refractivity contribution >= 4 is 5.78 Å². The number of carbonyl (C=O) groups is 1. The average Bonchev–Trinajstić information content (AvgIpc) is 2.53. The molecule has 2 bridgehead atoms. The van der Waals surface area contributed by atoms with Crippen LogP contribution in [0, 0.1) is 16.7 Å². The van der Waals surface area contributed by atoms with Crippen molar-refractivity contribution in [3.63, 3.8) is 0 Å². The van der Waals surface area contributed by atoms with Crippen LogP contribution < -0.4 is 0 Å². The summed E-state index contributed by atoms with van der Waals surface area (Å²) in [6.45, 7) is 8.94. The highest BCUT2D eigenvalue weighted by Gasteiger charge is 2.63. The zero-order chi connectivity index (χ0) is 12.0. The van der Waals surface area contributed by atoms with Crippen molar-refractivity contribution in [2.45, 2.75) is 59.8 Å². The molecule has 0 aliphatic heterocycles. The van der Waals surface area contributed by atoms with E-state index < -0.39 is 0 Å². The Morgan fingerprint density at radius 3 is 2.56 bits per heavy atom. The van der Waals surface area contributed by atoms with E-state index in [1.165, 1.54) is 19.3 Å². The molecule has 2 rings (SSSR count). The zero-order valence-electron chi connectivity index (χ0n) is 11.1. The minimum absolute atomic E-state index is 0.0737. The van der Waals surface area contributed by atoms with E-state index in [1.54, 1.807) is 0 Å². The van der Waals surface area contributed by atoms with Crippen LogP contribution in [-0.2, 0) is 4.79 Å². The summed E-state index contributed by atoms with van der Waals surface area (Å²) in [5.41, 5.74) is 1.27. The number of rotatable bonds is 3. The van der Waals surface area contributed by atoms with Gasteiger partial charge in [0, 0.05) is 5.41 Å². The molecule has 16 heavy (non-hydrogen) atoms. The SMILES string of the molecule is CCCC/C=C1\C(=O)[C@]2(C)CC[C@H]1C2(C)C. The molecule has 0 radical (unpaired) electrons. The third kappa shape index (κ3) is 1.33. The molecule has 0 aromatic heterocycles. The van der Waals surface area contributed by atoms with Crippen LogP contribution in [0.5, 0.6) is 0 Å². The standard InChI is InChI=1S/C15H24O/c1-5-6-7-8-11-12-9-10-15(4,13(11)16)14(12,2)3/h8,12H,5-7,9-10H2,1-4H3/b11-8-/t12-,15+/m1/s1. The predicted octanol–water partition coefficient (Wildman–Crippen LogP) is 4.13. The van der Waals surface area contributed by atoms with Gasteiger partial charge in [-0.25, -0.2) is 0 Å². The number of hydrogen-bond donors (Lipinski definition) is 0. The number of hydrogen-bond acceptors (Lipinski definition) is 1. The number of unbranched alkanes of at least 4 members (excludes halogenated alkanes) is 2. The maximum Gasteiger partial charge on any atom is 0.165 e. The fraction of sp³-hybridized carbons (Fsp3) is 0.800. The lowest BCUT2D eigenvalue weighted by atomic mass is 9.70. The van der Waals surface area contributed by atoms with Crippen LogP contribution in [-0.4, -0.2) is 5.78 Å². The second-order valence-corrected chi connectivity index (χ2v) is 6.28. The number of ketones is 1. The summed E-state index contributed by atoms with van der Waals surface area (Å²) in [5, 5.41) is 0. The van der Waals surface area contributed by atoms with E-state index in [0.717, 1.165) is 18.4 Å². The molecular formula is C15H24O. The molecule has 2 saturated carbocycles. The average molecular weight is 220 g/mol. The van der Waals surface area contributed by atoms with E-state index in [9.17, 15) is 4.79 Å². The number of allylic oxidation sites excluding steroid dienone is 2. The Morgan fingerprint density at radius 1 is 1.38 bits per heavy atom. The fourth-order valence-electron chi connectivity index (χ4n) is 3.62. The zero-order valence-corrected chi connectivity index (χ0v) is 11.1. The highest BCUT2D eigenvalue weighted by atomic mass is 16.1. The lowest BCUT2D eigenvalue weighted by molar-refractivity contribution is -0.125. The van der Waals surface area contributed by atoms with Gasteiger partial charge in [0.2, 0.25) is 0 Å². The van der Waals surface area contributed by atoms with Crippen molar-refractivity contribution < 1.29 is 4.79 Å². The molecule has 0 spiro atoms. The van der Waals surface area contributed by atoms with Gasteiger partial charge in [-0.15, -0.1) is 0 Å². The topological polar surface area (TPSA) is 17.1 Å². The van der Waals surface area contributed by atoms with Gasteiger partial charge in [0.1, 0.15) is 0 Å². The van der Waals surface area contributed by atoms with Crippen LogP contribution in [0.2, 0.25) is 0 Å². The van der Waals surface area contributed by atoms with Gasteiger partial charge < -0.3 is 0 Å². The van der Waals surface area contributed by atoms with Crippen LogP contribution >= 0.6 is 0 Å². The molecule has 2 aliphatic rings. The van der Waals surface area contributed by atoms with Crippen LogP contribution in [0.3, 0.4) is 0 Å². The lowest BCUT2D eigenvalue weighted by Gasteiger charge is -2.31. The summed E-state index contributed by atoms with van der Waals surface area (Å²) >= 11 is 0. The highest BCUT2D eigenvalue weighted by Crippen LogP contribution is 2.65.